The first-order valence-electron chi connectivity index (χ1n) is 6.78. The van der Waals surface area contributed by atoms with Gasteiger partial charge in [-0.25, -0.2) is 0 Å². The largest absolute Gasteiger partial charge is 0.365 e. The molecular weight excluding hydrogens is 346 g/mol. The number of rotatable bonds is 2. The molecule has 0 saturated heterocycles. The van der Waals surface area contributed by atoms with E-state index in [0.717, 1.165) is 9.48 Å². The van der Waals surface area contributed by atoms with Crippen LogP contribution < -0.4 is 0 Å². The van der Waals surface area contributed by atoms with Crippen molar-refractivity contribution in [3.8, 4) is 0 Å². The number of aromatic nitrogens is 1. The highest BCUT2D eigenvalue weighted by molar-refractivity contribution is 9.10. The molecule has 1 aromatic carbocycles. The van der Waals surface area contributed by atoms with Crippen molar-refractivity contribution in [3.05, 3.63) is 64.4 Å². The number of hydrogen-bond acceptors (Lipinski definition) is 4. The first-order chi connectivity index (χ1) is 10.5. The number of nitrogens with zero attached hydrogens (tertiary/aromatic N) is 3. The molecule has 1 aromatic heterocycles. The number of amides is 1. The molecule has 112 valence electrons. The Kier molecular flexibility index (Phi) is 3.80. The van der Waals surface area contributed by atoms with Gasteiger partial charge in [-0.2, -0.15) is 10.1 Å². The molecule has 5 nitrogen and oxygen atoms in total. The summed E-state index contributed by atoms with van der Waals surface area (Å²) in [5, 5.41) is 16.4. The highest BCUT2D eigenvalue weighted by Gasteiger charge is 2.45. The number of benzene rings is 1. The molecule has 1 aliphatic rings. The van der Waals surface area contributed by atoms with Gasteiger partial charge < -0.3 is 5.11 Å². The van der Waals surface area contributed by atoms with Crippen molar-refractivity contribution in [2.24, 2.45) is 5.10 Å². The fourth-order valence-corrected chi connectivity index (χ4v) is 2.92. The predicted molar refractivity (Wildman–Crippen MR) is 86.2 cm³/mol. The molecule has 1 aliphatic heterocycles. The third-order valence-electron chi connectivity index (χ3n) is 3.53. The van der Waals surface area contributed by atoms with Gasteiger partial charge in [0.15, 0.2) is 5.72 Å². The van der Waals surface area contributed by atoms with Crippen LogP contribution in [0.4, 0.5) is 0 Å². The molecule has 0 aliphatic carbocycles. The van der Waals surface area contributed by atoms with Crippen LogP contribution >= 0.6 is 15.9 Å². The van der Waals surface area contributed by atoms with E-state index in [-0.39, 0.29) is 12.3 Å². The van der Waals surface area contributed by atoms with Crippen LogP contribution in [0.5, 0.6) is 0 Å². The quantitative estimate of drug-likeness (QED) is 0.896. The lowest BCUT2D eigenvalue weighted by atomic mass is 9.98. The van der Waals surface area contributed by atoms with Crippen molar-refractivity contribution in [2.75, 3.05) is 0 Å². The zero-order valence-electron chi connectivity index (χ0n) is 11.9. The lowest BCUT2D eigenvalue weighted by Gasteiger charge is -2.31. The van der Waals surface area contributed by atoms with Crippen molar-refractivity contribution in [3.63, 3.8) is 0 Å². The Balaban J connectivity index is 2.02. The zero-order valence-corrected chi connectivity index (χ0v) is 13.5. The Morgan fingerprint density at radius 3 is 2.73 bits per heavy atom. The van der Waals surface area contributed by atoms with Crippen LogP contribution in [0.15, 0.2) is 58.4 Å². The molecule has 0 radical (unpaired) electrons. The summed E-state index contributed by atoms with van der Waals surface area (Å²) in [6.45, 7) is 1.79. The lowest BCUT2D eigenvalue weighted by molar-refractivity contribution is -0.0765. The summed E-state index contributed by atoms with van der Waals surface area (Å²) < 4.78 is 0.797. The monoisotopic (exact) mass is 359 g/mol. The van der Waals surface area contributed by atoms with Gasteiger partial charge in [-0.3, -0.25) is 9.78 Å². The number of aliphatic hydroxyl groups is 1. The van der Waals surface area contributed by atoms with E-state index in [1.54, 1.807) is 49.6 Å². The first kappa shape index (κ1) is 14.9. The summed E-state index contributed by atoms with van der Waals surface area (Å²) >= 11 is 3.35. The van der Waals surface area contributed by atoms with Crippen molar-refractivity contribution in [1.82, 2.24) is 9.99 Å². The maximum atomic E-state index is 12.8. The van der Waals surface area contributed by atoms with Gasteiger partial charge in [-0.1, -0.05) is 22.0 Å². The molecule has 2 heterocycles. The van der Waals surface area contributed by atoms with Crippen molar-refractivity contribution in [2.45, 2.75) is 19.1 Å². The van der Waals surface area contributed by atoms with Gasteiger partial charge in [-0.05, 0) is 37.3 Å². The van der Waals surface area contributed by atoms with Crippen LogP contribution in [0.25, 0.3) is 0 Å². The van der Waals surface area contributed by atoms with Crippen LogP contribution in [0.1, 0.15) is 29.3 Å². The number of hydrazone groups is 1. The van der Waals surface area contributed by atoms with Crippen LogP contribution in [0.3, 0.4) is 0 Å². The number of hydrogen-bond donors (Lipinski definition) is 1. The second-order valence-electron chi connectivity index (χ2n) is 5.19. The van der Waals surface area contributed by atoms with E-state index in [1.165, 1.54) is 0 Å². The molecule has 2 aromatic rings. The topological polar surface area (TPSA) is 65.8 Å². The molecule has 0 spiro atoms. The summed E-state index contributed by atoms with van der Waals surface area (Å²) in [6.07, 6.45) is 3.45. The van der Waals surface area contributed by atoms with Crippen molar-refractivity contribution >= 4 is 27.5 Å². The van der Waals surface area contributed by atoms with Crippen molar-refractivity contribution in [1.29, 1.82) is 0 Å². The zero-order chi connectivity index (χ0) is 15.7. The van der Waals surface area contributed by atoms with E-state index in [2.05, 4.69) is 26.0 Å². The molecule has 1 N–H and O–H groups in total. The van der Waals surface area contributed by atoms with E-state index in [0.29, 0.717) is 16.8 Å². The highest BCUT2D eigenvalue weighted by atomic mass is 79.9. The minimum atomic E-state index is -1.48. The number of carbonyl (C=O) groups is 1. The fraction of sp³-hybridized carbons (Fsp3) is 0.188. The Morgan fingerprint density at radius 2 is 2.05 bits per heavy atom. The number of pyridine rings is 1. The van der Waals surface area contributed by atoms with E-state index in [9.17, 15) is 9.90 Å². The average molecular weight is 360 g/mol. The van der Waals surface area contributed by atoms with Gasteiger partial charge in [0.25, 0.3) is 5.91 Å². The summed E-state index contributed by atoms with van der Waals surface area (Å²) in [5.74, 6) is -0.350. The van der Waals surface area contributed by atoms with Gasteiger partial charge in [0.2, 0.25) is 0 Å². The number of halogens is 1. The Labute approximate surface area is 136 Å². The standard InChI is InChI=1S/C16H14BrN3O2/c1-11-10-16(22,13-5-7-18-8-6-13)20(19-11)15(21)12-3-2-4-14(17)9-12/h2-9,22H,10H2,1H3/t16-/m1/s1. The Morgan fingerprint density at radius 1 is 1.32 bits per heavy atom. The molecule has 3 rings (SSSR count). The van der Waals surface area contributed by atoms with Gasteiger partial charge in [0, 0.05) is 40.1 Å². The smallest absolute Gasteiger partial charge is 0.276 e. The summed E-state index contributed by atoms with van der Waals surface area (Å²) in [4.78, 5) is 16.7. The maximum absolute atomic E-state index is 12.8. The van der Waals surface area contributed by atoms with Crippen LogP contribution in [-0.4, -0.2) is 26.7 Å². The second-order valence-corrected chi connectivity index (χ2v) is 6.11. The SMILES string of the molecule is CC1=NN(C(=O)c2cccc(Br)c2)[C@](O)(c2ccncc2)C1. The minimum Gasteiger partial charge on any atom is -0.365 e. The molecule has 22 heavy (non-hydrogen) atoms. The highest BCUT2D eigenvalue weighted by Crippen LogP contribution is 2.36. The van der Waals surface area contributed by atoms with Crippen LogP contribution in [-0.2, 0) is 5.72 Å². The average Bonchev–Trinajstić information content (AvgIpc) is 2.83. The van der Waals surface area contributed by atoms with Gasteiger partial charge in [0.1, 0.15) is 0 Å². The van der Waals surface area contributed by atoms with Crippen molar-refractivity contribution < 1.29 is 9.90 Å². The molecule has 6 heteroatoms. The van der Waals surface area contributed by atoms with E-state index in [1.807, 2.05) is 6.07 Å². The summed E-state index contributed by atoms with van der Waals surface area (Å²) in [6, 6.07) is 10.4. The molecule has 1 atom stereocenters. The number of carbonyl (C=O) groups excluding carboxylic acids is 1. The first-order valence-corrected chi connectivity index (χ1v) is 7.57. The lowest BCUT2D eigenvalue weighted by Crippen LogP contribution is -2.43. The fourth-order valence-electron chi connectivity index (χ4n) is 2.52. The van der Waals surface area contributed by atoms with Crippen LogP contribution in [0, 0.1) is 0 Å². The third-order valence-corrected chi connectivity index (χ3v) is 4.02. The predicted octanol–water partition coefficient (Wildman–Crippen LogP) is 2.91. The summed E-state index contributed by atoms with van der Waals surface area (Å²) in [5.41, 5.74) is 0.265. The molecule has 1 amide bonds. The Bertz CT molecular complexity index is 748. The molecule has 0 fully saturated rings. The third kappa shape index (κ3) is 2.55. The van der Waals surface area contributed by atoms with Crippen LogP contribution in [0.2, 0.25) is 0 Å². The molecular formula is C16H14BrN3O2. The molecule has 0 unspecified atom stereocenters. The van der Waals surface area contributed by atoms with E-state index >= 15 is 0 Å². The van der Waals surface area contributed by atoms with E-state index < -0.39 is 5.72 Å². The minimum absolute atomic E-state index is 0.275. The normalized spacial score (nSPS) is 20.9. The van der Waals surface area contributed by atoms with Gasteiger partial charge >= 0.3 is 0 Å². The maximum Gasteiger partial charge on any atom is 0.276 e. The second kappa shape index (κ2) is 5.62. The molecule has 0 bridgehead atoms. The molecule has 0 saturated carbocycles. The van der Waals surface area contributed by atoms with E-state index in [4.69, 9.17) is 0 Å². The summed E-state index contributed by atoms with van der Waals surface area (Å²) in [7, 11) is 0. The Hall–Kier alpha value is -2.05. The van der Waals surface area contributed by atoms with Gasteiger partial charge in [0.05, 0.1) is 0 Å². The van der Waals surface area contributed by atoms with Gasteiger partial charge in [-0.15, -0.1) is 0 Å².